The van der Waals surface area contributed by atoms with E-state index in [1.165, 1.54) is 0 Å². The Labute approximate surface area is 129 Å². The molecule has 0 radical (unpaired) electrons. The summed E-state index contributed by atoms with van der Waals surface area (Å²) >= 11 is 0. The number of nitrogens with zero attached hydrogens (tertiary/aromatic N) is 2. The van der Waals surface area contributed by atoms with Crippen LogP contribution in [0.15, 0.2) is 18.2 Å². The van der Waals surface area contributed by atoms with E-state index >= 15 is 0 Å². The van der Waals surface area contributed by atoms with Crippen molar-refractivity contribution >= 4 is 11.4 Å². The van der Waals surface area contributed by atoms with Crippen molar-refractivity contribution in [3.63, 3.8) is 0 Å². The van der Waals surface area contributed by atoms with Crippen LogP contribution < -0.4 is 10.2 Å². The lowest BCUT2D eigenvalue weighted by atomic mass is 10.0. The second kappa shape index (κ2) is 6.20. The molecule has 0 aromatic heterocycles. The predicted molar refractivity (Wildman–Crippen MR) is 82.0 cm³/mol. The van der Waals surface area contributed by atoms with Gasteiger partial charge in [0, 0.05) is 49.1 Å². The third kappa shape index (κ3) is 2.55. The molecule has 0 aliphatic carbocycles. The minimum Gasteiger partial charge on any atom is -0.395 e. The first-order valence-corrected chi connectivity index (χ1v) is 7.54. The van der Waals surface area contributed by atoms with Crippen LogP contribution in [0, 0.1) is 10.1 Å². The molecular weight excluding hydrogens is 286 g/mol. The highest BCUT2D eigenvalue weighted by atomic mass is 16.6. The first kappa shape index (κ1) is 15.2. The van der Waals surface area contributed by atoms with Crippen molar-refractivity contribution in [1.29, 1.82) is 0 Å². The van der Waals surface area contributed by atoms with Gasteiger partial charge in [-0.3, -0.25) is 10.1 Å². The number of anilines is 1. The fourth-order valence-corrected chi connectivity index (χ4v) is 3.70. The zero-order chi connectivity index (χ0) is 15.7. The van der Waals surface area contributed by atoms with Crippen LogP contribution >= 0.6 is 0 Å². The average Bonchev–Trinajstić information content (AvgIpc) is 2.81. The van der Waals surface area contributed by atoms with Gasteiger partial charge in [-0.2, -0.15) is 0 Å². The molecule has 0 saturated carbocycles. The van der Waals surface area contributed by atoms with Crippen LogP contribution in [0.1, 0.15) is 18.4 Å². The molecule has 120 valence electrons. The van der Waals surface area contributed by atoms with E-state index in [4.69, 9.17) is 4.74 Å². The molecule has 0 amide bonds. The Morgan fingerprint density at radius 3 is 3.00 bits per heavy atom. The second-order valence-corrected chi connectivity index (χ2v) is 5.91. The van der Waals surface area contributed by atoms with Gasteiger partial charge in [-0.15, -0.1) is 0 Å². The summed E-state index contributed by atoms with van der Waals surface area (Å²) in [5.41, 5.74) is 1.89. The molecule has 1 aromatic carbocycles. The van der Waals surface area contributed by atoms with E-state index in [-0.39, 0.29) is 29.3 Å². The second-order valence-electron chi connectivity index (χ2n) is 5.91. The molecule has 2 fully saturated rings. The van der Waals surface area contributed by atoms with Crippen LogP contribution in [0.25, 0.3) is 0 Å². The third-order valence-corrected chi connectivity index (χ3v) is 4.68. The van der Waals surface area contributed by atoms with E-state index in [1.54, 1.807) is 19.2 Å². The summed E-state index contributed by atoms with van der Waals surface area (Å²) in [7, 11) is 1.59. The van der Waals surface area contributed by atoms with Gasteiger partial charge in [-0.25, -0.2) is 0 Å². The number of rotatable bonds is 5. The van der Waals surface area contributed by atoms with Gasteiger partial charge in [0.2, 0.25) is 0 Å². The molecule has 7 nitrogen and oxygen atoms in total. The van der Waals surface area contributed by atoms with Gasteiger partial charge in [0.05, 0.1) is 24.2 Å². The Bertz CT molecular complexity index is 566. The van der Waals surface area contributed by atoms with Crippen LogP contribution in [0.5, 0.6) is 0 Å². The zero-order valence-corrected chi connectivity index (χ0v) is 12.6. The topological polar surface area (TPSA) is 87.9 Å². The number of fused-ring (bicyclic) bond motifs is 2. The summed E-state index contributed by atoms with van der Waals surface area (Å²) in [6.45, 7) is 1.26. The molecule has 3 atom stereocenters. The lowest BCUT2D eigenvalue weighted by Gasteiger charge is -2.42. The molecule has 2 aliphatic rings. The van der Waals surface area contributed by atoms with Crippen LogP contribution in [-0.2, 0) is 11.3 Å². The summed E-state index contributed by atoms with van der Waals surface area (Å²) in [5, 5.41) is 23.9. The van der Waals surface area contributed by atoms with Gasteiger partial charge in [0.25, 0.3) is 5.69 Å². The molecule has 0 unspecified atom stereocenters. The maximum atomic E-state index is 11.0. The number of piperazine rings is 1. The number of nitro benzene ring substituents is 1. The van der Waals surface area contributed by atoms with E-state index in [1.807, 2.05) is 6.07 Å². The fraction of sp³-hybridized carbons (Fsp3) is 0.600. The van der Waals surface area contributed by atoms with Crippen LogP contribution in [-0.4, -0.2) is 48.4 Å². The number of nitro groups is 1. The summed E-state index contributed by atoms with van der Waals surface area (Å²) < 4.78 is 5.22. The highest BCUT2D eigenvalue weighted by molar-refractivity contribution is 5.60. The molecular formula is C15H21N3O4. The summed E-state index contributed by atoms with van der Waals surface area (Å²) in [4.78, 5) is 12.9. The van der Waals surface area contributed by atoms with Gasteiger partial charge in [-0.1, -0.05) is 0 Å². The predicted octanol–water partition coefficient (Wildman–Crippen LogP) is 1.04. The molecule has 2 N–H and O–H groups in total. The molecule has 7 heteroatoms. The highest BCUT2D eigenvalue weighted by Gasteiger charge is 2.42. The van der Waals surface area contributed by atoms with E-state index < -0.39 is 0 Å². The van der Waals surface area contributed by atoms with Crippen molar-refractivity contribution in [3.8, 4) is 0 Å². The third-order valence-electron chi connectivity index (χ3n) is 4.68. The Morgan fingerprint density at radius 2 is 2.32 bits per heavy atom. The van der Waals surface area contributed by atoms with Crippen molar-refractivity contribution in [2.75, 3.05) is 25.2 Å². The van der Waals surface area contributed by atoms with Crippen molar-refractivity contribution < 1.29 is 14.8 Å². The van der Waals surface area contributed by atoms with E-state index in [0.29, 0.717) is 12.6 Å². The average molecular weight is 307 g/mol. The molecule has 1 aromatic rings. The van der Waals surface area contributed by atoms with E-state index in [0.717, 1.165) is 30.6 Å². The minimum atomic E-state index is -0.383. The molecule has 2 aliphatic heterocycles. The van der Waals surface area contributed by atoms with Gasteiger partial charge in [0.15, 0.2) is 0 Å². The number of benzene rings is 1. The quantitative estimate of drug-likeness (QED) is 0.624. The number of ether oxygens (including phenoxy) is 1. The number of methoxy groups -OCH3 is 1. The molecule has 2 saturated heterocycles. The molecule has 22 heavy (non-hydrogen) atoms. The van der Waals surface area contributed by atoms with Gasteiger partial charge in [0.1, 0.15) is 0 Å². The van der Waals surface area contributed by atoms with Crippen LogP contribution in [0.4, 0.5) is 11.4 Å². The lowest BCUT2D eigenvalue weighted by molar-refractivity contribution is -0.384. The Balaban J connectivity index is 1.98. The largest absolute Gasteiger partial charge is 0.395 e. The van der Waals surface area contributed by atoms with Crippen molar-refractivity contribution in [3.05, 3.63) is 33.9 Å². The maximum Gasteiger partial charge on any atom is 0.269 e. The number of aliphatic hydroxyl groups is 1. The Kier molecular flexibility index (Phi) is 4.28. The maximum absolute atomic E-state index is 11.0. The number of non-ortho nitro benzene ring substituents is 1. The Morgan fingerprint density at radius 1 is 1.50 bits per heavy atom. The summed E-state index contributed by atoms with van der Waals surface area (Å²) in [6, 6.07) is 5.59. The standard InChI is InChI=1S/C15H21N3O4/c1-22-9-10-6-11(18(20)21)2-4-14(10)17-12-3-5-15(17)13(8-19)16-7-12/h2,4,6,12-13,15-16,19H,3,5,7-9H2,1H3/t12-,13+,15+/m1/s1. The van der Waals surface area contributed by atoms with Crippen molar-refractivity contribution in [1.82, 2.24) is 5.32 Å². The summed E-state index contributed by atoms with van der Waals surface area (Å²) in [5.74, 6) is 0. The fourth-order valence-electron chi connectivity index (χ4n) is 3.70. The summed E-state index contributed by atoms with van der Waals surface area (Å²) in [6.07, 6.45) is 2.09. The van der Waals surface area contributed by atoms with E-state index in [2.05, 4.69) is 10.2 Å². The van der Waals surface area contributed by atoms with Gasteiger partial charge >= 0.3 is 0 Å². The molecule has 3 rings (SSSR count). The lowest BCUT2D eigenvalue weighted by Crippen LogP contribution is -2.59. The van der Waals surface area contributed by atoms with Crippen LogP contribution in [0.3, 0.4) is 0 Å². The SMILES string of the molecule is COCc1cc([N+](=O)[O-])ccc1N1[C@@H]2CC[C@H]1[C@H](CO)NC2. The highest BCUT2D eigenvalue weighted by Crippen LogP contribution is 2.38. The number of hydrogen-bond donors (Lipinski definition) is 2. The normalized spacial score (nSPS) is 27.2. The molecule has 2 heterocycles. The first-order valence-electron chi connectivity index (χ1n) is 7.54. The smallest absolute Gasteiger partial charge is 0.269 e. The monoisotopic (exact) mass is 307 g/mol. The van der Waals surface area contributed by atoms with Crippen molar-refractivity contribution in [2.24, 2.45) is 0 Å². The van der Waals surface area contributed by atoms with Crippen LogP contribution in [0.2, 0.25) is 0 Å². The molecule has 0 spiro atoms. The van der Waals surface area contributed by atoms with Gasteiger partial charge < -0.3 is 20.1 Å². The molecule has 2 bridgehead atoms. The van der Waals surface area contributed by atoms with E-state index in [9.17, 15) is 15.2 Å². The first-order chi connectivity index (χ1) is 10.7. The number of aliphatic hydroxyl groups excluding tert-OH is 1. The minimum absolute atomic E-state index is 0.0457. The zero-order valence-electron chi connectivity index (χ0n) is 12.6. The number of nitrogens with one attached hydrogen (secondary N) is 1. The van der Waals surface area contributed by atoms with Gasteiger partial charge in [-0.05, 0) is 18.9 Å². The Hall–Kier alpha value is -1.70. The number of hydrogen-bond acceptors (Lipinski definition) is 6. The van der Waals surface area contributed by atoms with Crippen molar-refractivity contribution in [2.45, 2.75) is 37.6 Å².